The summed E-state index contributed by atoms with van der Waals surface area (Å²) in [6, 6.07) is 3.11. The van der Waals surface area contributed by atoms with E-state index in [2.05, 4.69) is 14.7 Å². The van der Waals surface area contributed by atoms with Crippen molar-refractivity contribution in [3.05, 3.63) is 29.2 Å². The van der Waals surface area contributed by atoms with Crippen LogP contribution >= 0.6 is 11.3 Å². The molecular weight excluding hydrogens is 250 g/mol. The lowest BCUT2D eigenvalue weighted by Gasteiger charge is -1.88. The van der Waals surface area contributed by atoms with Crippen molar-refractivity contribution in [1.29, 1.82) is 0 Å². The summed E-state index contributed by atoms with van der Waals surface area (Å²) >= 11 is 1.08. The lowest BCUT2D eigenvalue weighted by atomic mass is 10.4. The van der Waals surface area contributed by atoms with Crippen molar-refractivity contribution >= 4 is 33.5 Å². The molecule has 2 N–H and O–H groups in total. The number of nitrogens with zero attached hydrogens (tertiary/aromatic N) is 2. The lowest BCUT2D eigenvalue weighted by Crippen LogP contribution is -2.09. The van der Waals surface area contributed by atoms with E-state index in [-0.39, 0.29) is 4.21 Å². The molecule has 0 aliphatic heterocycles. The molecule has 2 aromatic heterocycles. The fraction of sp³-hybridized carbons (Fsp3) is 0. The van der Waals surface area contributed by atoms with E-state index in [0.717, 1.165) is 16.2 Å². The van der Waals surface area contributed by atoms with E-state index in [4.69, 9.17) is 5.14 Å². The number of sulfonamides is 1. The maximum Gasteiger partial charge on any atom is 0.247 e. The predicted molar refractivity (Wildman–Crippen MR) is 58.9 cm³/mol. The predicted octanol–water partition coefficient (Wildman–Crippen LogP) is 0.949. The molecule has 0 aliphatic rings. The fourth-order valence-corrected chi connectivity index (χ4v) is 2.64. The van der Waals surface area contributed by atoms with Gasteiger partial charge >= 0.3 is 0 Å². The molecule has 0 radical (unpaired) electrons. The van der Waals surface area contributed by atoms with Crippen LogP contribution in [0.4, 0.5) is 0 Å². The highest BCUT2D eigenvalue weighted by Crippen LogP contribution is 2.21. The van der Waals surface area contributed by atoms with Crippen molar-refractivity contribution in [2.24, 2.45) is 5.14 Å². The molecular formula is C8H7N3O3S2. The normalized spacial score (nSPS) is 12.3. The van der Waals surface area contributed by atoms with Gasteiger partial charge in [0.2, 0.25) is 16.4 Å². The third kappa shape index (κ3) is 2.54. The van der Waals surface area contributed by atoms with E-state index in [1.165, 1.54) is 12.5 Å². The zero-order valence-electron chi connectivity index (χ0n) is 7.90. The van der Waals surface area contributed by atoms with Crippen molar-refractivity contribution in [2.45, 2.75) is 4.21 Å². The quantitative estimate of drug-likeness (QED) is 0.882. The second-order valence-electron chi connectivity index (χ2n) is 2.82. The summed E-state index contributed by atoms with van der Waals surface area (Å²) in [7, 11) is -3.62. The molecule has 0 unspecified atom stereocenters. The molecule has 84 valence electrons. The Hall–Kier alpha value is -1.51. The molecule has 0 fully saturated rings. The Bertz CT molecular complexity index is 598. The number of primary sulfonamides is 1. The van der Waals surface area contributed by atoms with E-state index in [1.807, 2.05) is 0 Å². The Balaban J connectivity index is 2.21. The minimum atomic E-state index is -3.62. The van der Waals surface area contributed by atoms with E-state index in [9.17, 15) is 8.42 Å². The zero-order chi connectivity index (χ0) is 11.6. The fourth-order valence-electron chi connectivity index (χ4n) is 0.986. The molecule has 0 aromatic carbocycles. The van der Waals surface area contributed by atoms with Crippen LogP contribution in [-0.2, 0) is 10.0 Å². The van der Waals surface area contributed by atoms with Crippen molar-refractivity contribution in [1.82, 2.24) is 10.1 Å². The second-order valence-corrected chi connectivity index (χ2v) is 5.73. The summed E-state index contributed by atoms with van der Waals surface area (Å²) < 4.78 is 26.7. The van der Waals surface area contributed by atoms with Gasteiger partial charge in [0.1, 0.15) is 4.21 Å². The number of nitrogens with two attached hydrogens (primary N) is 1. The highest BCUT2D eigenvalue weighted by Gasteiger charge is 2.09. The third-order valence-electron chi connectivity index (χ3n) is 1.66. The van der Waals surface area contributed by atoms with E-state index in [0.29, 0.717) is 5.82 Å². The van der Waals surface area contributed by atoms with Crippen LogP contribution in [0, 0.1) is 0 Å². The molecule has 0 amide bonds. The Morgan fingerprint density at radius 2 is 2.19 bits per heavy atom. The molecule has 0 saturated heterocycles. The second kappa shape index (κ2) is 4.16. The first-order valence-corrected chi connectivity index (χ1v) is 6.49. The summed E-state index contributed by atoms with van der Waals surface area (Å²) in [5, 5.41) is 8.56. The largest absolute Gasteiger partial charge is 0.342 e. The summed E-state index contributed by atoms with van der Waals surface area (Å²) in [5.41, 5.74) is 0. The average Bonchev–Trinajstić information content (AvgIpc) is 2.85. The molecule has 8 heteroatoms. The van der Waals surface area contributed by atoms with Crippen LogP contribution in [0.1, 0.15) is 10.7 Å². The lowest BCUT2D eigenvalue weighted by molar-refractivity contribution is 0.415. The Labute approximate surface area is 95.5 Å². The van der Waals surface area contributed by atoms with Gasteiger partial charge in [-0.25, -0.2) is 13.6 Å². The third-order valence-corrected chi connectivity index (χ3v) is 4.15. The van der Waals surface area contributed by atoms with E-state index >= 15 is 0 Å². The van der Waals surface area contributed by atoms with Crippen molar-refractivity contribution in [3.8, 4) is 0 Å². The Kier molecular flexibility index (Phi) is 2.86. The van der Waals surface area contributed by atoms with Gasteiger partial charge in [-0.3, -0.25) is 0 Å². The molecule has 0 spiro atoms. The summed E-state index contributed by atoms with van der Waals surface area (Å²) in [6.45, 7) is 0. The molecule has 6 nitrogen and oxygen atoms in total. The molecule has 16 heavy (non-hydrogen) atoms. The van der Waals surface area contributed by atoms with Crippen molar-refractivity contribution in [3.63, 3.8) is 0 Å². The van der Waals surface area contributed by atoms with Gasteiger partial charge in [0, 0.05) is 4.88 Å². The van der Waals surface area contributed by atoms with E-state index < -0.39 is 10.0 Å². The number of aromatic nitrogens is 2. The smallest absolute Gasteiger partial charge is 0.247 e. The summed E-state index contributed by atoms with van der Waals surface area (Å²) in [4.78, 5) is 4.53. The van der Waals surface area contributed by atoms with Crippen LogP contribution in [0.2, 0.25) is 0 Å². The van der Waals surface area contributed by atoms with Crippen molar-refractivity contribution in [2.75, 3.05) is 0 Å². The highest BCUT2D eigenvalue weighted by atomic mass is 32.2. The van der Waals surface area contributed by atoms with Gasteiger partial charge in [-0.2, -0.15) is 4.98 Å². The van der Waals surface area contributed by atoms with E-state index in [1.54, 1.807) is 18.2 Å². The first-order valence-electron chi connectivity index (χ1n) is 4.13. The average molecular weight is 257 g/mol. The molecule has 2 aromatic rings. The minimum absolute atomic E-state index is 0.125. The highest BCUT2D eigenvalue weighted by molar-refractivity contribution is 7.91. The molecule has 2 heterocycles. The monoisotopic (exact) mass is 257 g/mol. The van der Waals surface area contributed by atoms with Crippen LogP contribution in [0.5, 0.6) is 0 Å². The number of hydrogen-bond acceptors (Lipinski definition) is 6. The van der Waals surface area contributed by atoms with Gasteiger partial charge < -0.3 is 4.52 Å². The van der Waals surface area contributed by atoms with Gasteiger partial charge in [-0.05, 0) is 24.3 Å². The molecule has 0 aliphatic carbocycles. The molecule has 2 rings (SSSR count). The summed E-state index contributed by atoms with van der Waals surface area (Å²) in [6.07, 6.45) is 4.51. The van der Waals surface area contributed by atoms with Crippen LogP contribution in [-0.4, -0.2) is 18.6 Å². The van der Waals surface area contributed by atoms with Gasteiger partial charge in [0.05, 0.1) is 0 Å². The first-order chi connectivity index (χ1) is 7.55. The first kappa shape index (κ1) is 11.0. The summed E-state index contributed by atoms with van der Waals surface area (Å²) in [5.74, 6) is 0.422. The number of thiophene rings is 1. The molecule has 0 atom stereocenters. The maximum atomic E-state index is 11.0. The topological polar surface area (TPSA) is 99.1 Å². The minimum Gasteiger partial charge on any atom is -0.342 e. The van der Waals surface area contributed by atoms with Gasteiger partial charge in [0.25, 0.3) is 0 Å². The van der Waals surface area contributed by atoms with Crippen molar-refractivity contribution < 1.29 is 12.9 Å². The SMILES string of the molecule is NS(=O)(=O)c1ccc(C=Cc2ncon2)s1. The maximum absolute atomic E-state index is 11.0. The van der Waals surface area contributed by atoms with Crippen LogP contribution < -0.4 is 5.14 Å². The van der Waals surface area contributed by atoms with Gasteiger partial charge in [0.15, 0.2) is 5.82 Å². The van der Waals surface area contributed by atoms with Crippen LogP contribution in [0.3, 0.4) is 0 Å². The molecule has 0 bridgehead atoms. The zero-order valence-corrected chi connectivity index (χ0v) is 9.53. The Morgan fingerprint density at radius 1 is 1.38 bits per heavy atom. The molecule has 0 saturated carbocycles. The van der Waals surface area contributed by atoms with Crippen LogP contribution in [0.25, 0.3) is 12.2 Å². The standard InChI is InChI=1S/C8H7N3O3S2/c9-16(12,13)8-4-2-6(15-8)1-3-7-10-5-14-11-7/h1-5H,(H2,9,12,13). The number of rotatable bonds is 3. The van der Waals surface area contributed by atoms with Crippen LogP contribution in [0.15, 0.2) is 27.3 Å². The number of hydrogen-bond donors (Lipinski definition) is 1. The van der Waals surface area contributed by atoms with Gasteiger partial charge in [-0.15, -0.1) is 11.3 Å². The van der Waals surface area contributed by atoms with Gasteiger partial charge in [-0.1, -0.05) is 5.16 Å². The Morgan fingerprint density at radius 3 is 2.75 bits per heavy atom.